The Kier molecular flexibility index (Phi) is 10.4. The van der Waals surface area contributed by atoms with E-state index in [0.29, 0.717) is 25.6 Å². The third-order valence-corrected chi connectivity index (χ3v) is 3.78. The van der Waals surface area contributed by atoms with Gasteiger partial charge in [-0.25, -0.2) is 9.98 Å². The van der Waals surface area contributed by atoms with Crippen LogP contribution < -0.4 is 16.0 Å². The molecule has 1 rings (SSSR count). The van der Waals surface area contributed by atoms with Gasteiger partial charge in [0.2, 0.25) is 5.91 Å². The molecule has 150 valence electrons. The fraction of sp³-hybridized carbons (Fsp3) is 0.667. The Morgan fingerprint density at radius 2 is 1.81 bits per heavy atom. The van der Waals surface area contributed by atoms with Crippen LogP contribution >= 0.6 is 35.3 Å². The van der Waals surface area contributed by atoms with Crippen LogP contribution in [0.1, 0.15) is 38.4 Å². The average molecular weight is 507 g/mol. The summed E-state index contributed by atoms with van der Waals surface area (Å²) in [4.78, 5) is 19.5. The van der Waals surface area contributed by atoms with Crippen LogP contribution in [0.25, 0.3) is 0 Å². The van der Waals surface area contributed by atoms with Gasteiger partial charge in [0.1, 0.15) is 5.01 Å². The maximum absolute atomic E-state index is 12.5. The smallest absolute Gasteiger partial charge is 0.357 e. The van der Waals surface area contributed by atoms with Gasteiger partial charge in [-0.1, -0.05) is 20.8 Å². The molecule has 0 bridgehead atoms. The number of halogens is 4. The normalized spacial score (nSPS) is 12.3. The quantitative estimate of drug-likeness (QED) is 0.240. The number of nitrogens with zero attached hydrogens (tertiary/aromatic N) is 2. The van der Waals surface area contributed by atoms with E-state index in [0.717, 1.165) is 16.7 Å². The van der Waals surface area contributed by atoms with E-state index in [2.05, 4.69) is 25.9 Å². The predicted molar refractivity (Wildman–Crippen MR) is 108 cm³/mol. The summed E-state index contributed by atoms with van der Waals surface area (Å²) in [5.41, 5.74) is -1.36. The summed E-state index contributed by atoms with van der Waals surface area (Å²) in [5, 5.41) is 10.1. The van der Waals surface area contributed by atoms with Gasteiger partial charge in [-0.3, -0.25) is 4.79 Å². The van der Waals surface area contributed by atoms with Crippen LogP contribution in [-0.2, 0) is 17.5 Å². The van der Waals surface area contributed by atoms with E-state index in [1.807, 2.05) is 27.7 Å². The van der Waals surface area contributed by atoms with Crippen molar-refractivity contribution in [1.29, 1.82) is 0 Å². The summed E-state index contributed by atoms with van der Waals surface area (Å²) < 4.78 is 37.6. The zero-order valence-electron chi connectivity index (χ0n) is 15.2. The minimum atomic E-state index is -4.44. The molecule has 1 heterocycles. The van der Waals surface area contributed by atoms with Gasteiger partial charge in [-0.05, 0) is 6.92 Å². The molecule has 0 saturated carbocycles. The van der Waals surface area contributed by atoms with Gasteiger partial charge in [0.05, 0.1) is 6.54 Å². The molecule has 26 heavy (non-hydrogen) atoms. The minimum Gasteiger partial charge on any atom is -0.357 e. The number of aromatic nitrogens is 1. The molecule has 1 amide bonds. The summed E-state index contributed by atoms with van der Waals surface area (Å²) in [6, 6.07) is 0. The number of nitrogens with one attached hydrogen (secondary N) is 3. The molecule has 0 aromatic carbocycles. The first-order valence-electron chi connectivity index (χ1n) is 7.86. The van der Waals surface area contributed by atoms with Crippen LogP contribution in [0.5, 0.6) is 0 Å². The second-order valence-corrected chi connectivity index (χ2v) is 7.19. The molecular weight excluding hydrogens is 482 g/mol. The fourth-order valence-corrected chi connectivity index (χ4v) is 2.35. The number of thiazole rings is 1. The van der Waals surface area contributed by atoms with E-state index in [4.69, 9.17) is 0 Å². The summed E-state index contributed by atoms with van der Waals surface area (Å²) >= 11 is 0.921. The predicted octanol–water partition coefficient (Wildman–Crippen LogP) is 3.00. The Morgan fingerprint density at radius 1 is 1.19 bits per heavy atom. The highest BCUT2D eigenvalue weighted by Gasteiger charge is 2.33. The number of aliphatic imine (C=N–C) groups is 1. The monoisotopic (exact) mass is 507 g/mol. The lowest BCUT2D eigenvalue weighted by Gasteiger charge is -2.18. The highest BCUT2D eigenvalue weighted by atomic mass is 127. The fourth-order valence-electron chi connectivity index (χ4n) is 1.62. The third kappa shape index (κ3) is 9.01. The molecule has 0 unspecified atom stereocenters. The van der Waals surface area contributed by atoms with Crippen molar-refractivity contribution in [3.8, 4) is 0 Å². The van der Waals surface area contributed by atoms with Gasteiger partial charge >= 0.3 is 6.18 Å². The molecule has 1 aromatic heterocycles. The second kappa shape index (κ2) is 10.9. The first kappa shape index (κ1) is 24.9. The summed E-state index contributed by atoms with van der Waals surface area (Å²) in [6.45, 7) is 8.86. The molecule has 0 radical (unpaired) electrons. The Labute approximate surface area is 172 Å². The highest BCUT2D eigenvalue weighted by Crippen LogP contribution is 2.30. The topological polar surface area (TPSA) is 78.4 Å². The Morgan fingerprint density at radius 3 is 2.31 bits per heavy atom. The van der Waals surface area contributed by atoms with Crippen LogP contribution in [-0.4, -0.2) is 36.5 Å². The molecule has 11 heteroatoms. The number of alkyl halides is 3. The Bertz CT molecular complexity index is 599. The molecule has 0 aliphatic carbocycles. The molecule has 0 saturated heterocycles. The van der Waals surface area contributed by atoms with Gasteiger partial charge < -0.3 is 16.0 Å². The van der Waals surface area contributed by atoms with Gasteiger partial charge in [-0.15, -0.1) is 35.3 Å². The summed E-state index contributed by atoms with van der Waals surface area (Å²) in [7, 11) is 0. The first-order valence-corrected chi connectivity index (χ1v) is 8.74. The molecule has 0 atom stereocenters. The van der Waals surface area contributed by atoms with E-state index in [-0.39, 0.29) is 41.4 Å². The third-order valence-electron chi connectivity index (χ3n) is 2.94. The van der Waals surface area contributed by atoms with Crippen LogP contribution in [0.3, 0.4) is 0 Å². The number of carbonyl (C=O) groups is 1. The largest absolute Gasteiger partial charge is 0.434 e. The number of amides is 1. The number of rotatable bonds is 6. The zero-order valence-corrected chi connectivity index (χ0v) is 18.3. The van der Waals surface area contributed by atoms with Crippen molar-refractivity contribution in [2.75, 3.05) is 19.6 Å². The lowest BCUT2D eigenvalue weighted by molar-refractivity contribution is -0.140. The maximum Gasteiger partial charge on any atom is 0.434 e. The molecule has 0 aliphatic rings. The highest BCUT2D eigenvalue weighted by molar-refractivity contribution is 14.0. The van der Waals surface area contributed by atoms with Crippen LogP contribution in [0.4, 0.5) is 13.2 Å². The van der Waals surface area contributed by atoms with Crippen molar-refractivity contribution in [2.24, 2.45) is 10.4 Å². The average Bonchev–Trinajstić information content (AvgIpc) is 2.96. The second-order valence-electron chi connectivity index (χ2n) is 6.25. The lowest BCUT2D eigenvalue weighted by atomic mass is 9.96. The van der Waals surface area contributed by atoms with Crippen LogP contribution in [0, 0.1) is 5.41 Å². The maximum atomic E-state index is 12.5. The van der Waals surface area contributed by atoms with E-state index in [9.17, 15) is 18.0 Å². The molecule has 1 aromatic rings. The van der Waals surface area contributed by atoms with Crippen molar-refractivity contribution < 1.29 is 18.0 Å². The van der Waals surface area contributed by atoms with Crippen molar-refractivity contribution in [3.05, 3.63) is 16.1 Å². The van der Waals surface area contributed by atoms with Gasteiger partial charge in [-0.2, -0.15) is 13.2 Å². The number of guanidine groups is 1. The van der Waals surface area contributed by atoms with E-state index in [1.54, 1.807) is 0 Å². The van der Waals surface area contributed by atoms with Crippen molar-refractivity contribution >= 4 is 47.2 Å². The Hall–Kier alpha value is -1.11. The van der Waals surface area contributed by atoms with Gasteiger partial charge in [0.25, 0.3) is 0 Å². The Balaban J connectivity index is 0.00000625. The molecule has 0 fully saturated rings. The van der Waals surface area contributed by atoms with Crippen molar-refractivity contribution in [2.45, 2.75) is 40.4 Å². The number of hydrogen-bond donors (Lipinski definition) is 3. The van der Waals surface area contributed by atoms with Crippen molar-refractivity contribution in [3.63, 3.8) is 0 Å². The van der Waals surface area contributed by atoms with Gasteiger partial charge in [0.15, 0.2) is 11.7 Å². The molecular formula is C15H25F3IN5OS. The molecule has 0 aliphatic heterocycles. The minimum absolute atomic E-state index is 0. The SMILES string of the molecule is CCNC(=NCc1nc(C(F)(F)F)cs1)NCCNC(=O)C(C)(C)C.I. The number of carbonyl (C=O) groups excluding carboxylic acids is 1. The summed E-state index contributed by atoms with van der Waals surface area (Å²) in [5.74, 6) is 0.398. The first-order chi connectivity index (χ1) is 11.5. The molecule has 3 N–H and O–H groups in total. The molecule has 6 nitrogen and oxygen atoms in total. The standard InChI is InChI=1S/C15H24F3N5OS.HI/c1-5-19-13(21-7-6-20-12(24)14(2,3)4)22-8-11-23-10(9-25-11)15(16,17)18;/h9H,5-8H2,1-4H3,(H,20,24)(H2,19,21,22);1H. The zero-order chi connectivity index (χ0) is 19.1. The number of hydrogen-bond acceptors (Lipinski definition) is 4. The summed E-state index contributed by atoms with van der Waals surface area (Å²) in [6.07, 6.45) is -4.44. The molecule has 0 spiro atoms. The van der Waals surface area contributed by atoms with Crippen LogP contribution in [0.2, 0.25) is 0 Å². The van der Waals surface area contributed by atoms with Crippen LogP contribution in [0.15, 0.2) is 10.4 Å². The van der Waals surface area contributed by atoms with E-state index >= 15 is 0 Å². The van der Waals surface area contributed by atoms with E-state index in [1.165, 1.54) is 0 Å². The van der Waals surface area contributed by atoms with Gasteiger partial charge in [0, 0.05) is 30.4 Å². The van der Waals surface area contributed by atoms with E-state index < -0.39 is 17.3 Å². The lowest BCUT2D eigenvalue weighted by Crippen LogP contribution is -2.43. The van der Waals surface area contributed by atoms with Crippen molar-refractivity contribution in [1.82, 2.24) is 20.9 Å².